The second kappa shape index (κ2) is 35.3. The Bertz CT molecular complexity index is 1040. The van der Waals surface area contributed by atoms with Crippen molar-refractivity contribution in [3.05, 3.63) is 0 Å². The molecule has 12 unspecified atom stereocenters. The van der Waals surface area contributed by atoms with Gasteiger partial charge in [0.2, 0.25) is 5.91 Å². The lowest BCUT2D eigenvalue weighted by Gasteiger charge is -2.46. The fraction of sp³-hybridized carbons (Fsp3) is 0.979. The quantitative estimate of drug-likeness (QED) is 0.0334. The van der Waals surface area contributed by atoms with Crippen LogP contribution in [0, 0.1) is 0 Å². The van der Waals surface area contributed by atoms with Gasteiger partial charge in [0, 0.05) is 6.42 Å². The molecule has 0 saturated carbocycles. The number of aliphatic hydroxyl groups excluding tert-OH is 8. The van der Waals surface area contributed by atoms with Crippen LogP contribution in [0.25, 0.3) is 0 Å². The van der Waals surface area contributed by atoms with Crippen LogP contribution in [0.2, 0.25) is 0 Å². The average molecular weight is 878 g/mol. The minimum atomic E-state index is -1.78. The van der Waals surface area contributed by atoms with Crippen LogP contribution in [0.4, 0.5) is 0 Å². The molecule has 2 aliphatic rings. The monoisotopic (exact) mass is 878 g/mol. The highest BCUT2D eigenvalue weighted by molar-refractivity contribution is 5.76. The van der Waals surface area contributed by atoms with Crippen molar-refractivity contribution in [2.24, 2.45) is 0 Å². The van der Waals surface area contributed by atoms with Gasteiger partial charge in [-0.25, -0.2) is 0 Å². The van der Waals surface area contributed by atoms with Gasteiger partial charge in [0.1, 0.15) is 48.8 Å². The van der Waals surface area contributed by atoms with Crippen LogP contribution in [-0.4, -0.2) is 140 Å². The van der Waals surface area contributed by atoms with E-state index in [0.29, 0.717) is 19.3 Å². The molecular weight excluding hydrogens is 787 g/mol. The van der Waals surface area contributed by atoms with Crippen molar-refractivity contribution in [2.75, 3.05) is 19.8 Å². The lowest BCUT2D eigenvalue weighted by atomic mass is 9.97. The summed E-state index contributed by atoms with van der Waals surface area (Å²) in [5.74, 6) is -0.223. The van der Waals surface area contributed by atoms with Crippen molar-refractivity contribution >= 4 is 5.91 Å². The third kappa shape index (κ3) is 23.1. The summed E-state index contributed by atoms with van der Waals surface area (Å²) < 4.78 is 22.6. The maximum absolute atomic E-state index is 12.9. The number of aliphatic hydroxyl groups is 8. The minimum Gasteiger partial charge on any atom is -0.394 e. The van der Waals surface area contributed by atoms with E-state index >= 15 is 0 Å². The van der Waals surface area contributed by atoms with Crippen molar-refractivity contribution in [1.82, 2.24) is 5.32 Å². The molecule has 2 heterocycles. The molecule has 14 heteroatoms. The lowest BCUT2D eigenvalue weighted by molar-refractivity contribution is -0.359. The molecule has 61 heavy (non-hydrogen) atoms. The highest BCUT2D eigenvalue weighted by Crippen LogP contribution is 2.30. The summed E-state index contributed by atoms with van der Waals surface area (Å²) in [5, 5.41) is 86.3. The fourth-order valence-corrected chi connectivity index (χ4v) is 8.47. The molecule has 2 aliphatic heterocycles. The van der Waals surface area contributed by atoms with Gasteiger partial charge in [-0.15, -0.1) is 0 Å². The smallest absolute Gasteiger partial charge is 0.220 e. The van der Waals surface area contributed by atoms with Gasteiger partial charge >= 0.3 is 0 Å². The lowest BCUT2D eigenvalue weighted by Crippen LogP contribution is -2.65. The van der Waals surface area contributed by atoms with Crippen LogP contribution in [0.1, 0.15) is 200 Å². The number of ether oxygens (including phenoxy) is 4. The van der Waals surface area contributed by atoms with Gasteiger partial charge < -0.3 is 65.1 Å². The minimum absolute atomic E-state index is 0.223. The molecule has 0 bridgehead atoms. The van der Waals surface area contributed by atoms with E-state index in [4.69, 9.17) is 18.9 Å². The van der Waals surface area contributed by atoms with Crippen LogP contribution in [0.5, 0.6) is 0 Å². The Balaban J connectivity index is 1.68. The van der Waals surface area contributed by atoms with Gasteiger partial charge in [-0.2, -0.15) is 0 Å². The number of amides is 1. The van der Waals surface area contributed by atoms with Crippen LogP contribution >= 0.6 is 0 Å². The van der Waals surface area contributed by atoms with E-state index in [-0.39, 0.29) is 12.5 Å². The van der Waals surface area contributed by atoms with Gasteiger partial charge in [-0.3, -0.25) is 4.79 Å². The summed E-state index contributed by atoms with van der Waals surface area (Å²) in [6, 6.07) is -0.818. The third-order valence-corrected chi connectivity index (χ3v) is 12.6. The molecular formula is C47H91NO13. The number of hydrogen-bond donors (Lipinski definition) is 9. The molecule has 2 fully saturated rings. The first kappa shape index (κ1) is 56.1. The van der Waals surface area contributed by atoms with E-state index in [0.717, 1.165) is 44.9 Å². The Morgan fingerprint density at radius 1 is 0.525 bits per heavy atom. The molecule has 12 atom stereocenters. The Labute approximate surface area is 368 Å². The number of carbonyl (C=O) groups excluding carboxylic acids is 1. The zero-order valence-electron chi connectivity index (χ0n) is 38.2. The number of carbonyl (C=O) groups is 1. The summed E-state index contributed by atoms with van der Waals surface area (Å²) >= 11 is 0. The van der Waals surface area contributed by atoms with E-state index in [1.807, 2.05) is 0 Å². The standard InChI is InChI=1S/C47H91NO13/c1-3-5-7-9-10-11-12-13-14-15-16-17-18-19-20-21-22-23-24-25-26-27-28-30-36(51)35(48-39(52)31-29-8-6-4-2)34-58-46-44(57)42(55)45(38(33-50)60-46)61-47-43(56)41(54)40(53)37(32-49)59-47/h35-38,40-47,49-51,53-57H,3-34H2,1-2H3,(H,48,52). The molecule has 0 radical (unpaired) electrons. The van der Waals surface area contributed by atoms with E-state index in [1.165, 1.54) is 122 Å². The number of nitrogens with one attached hydrogen (secondary N) is 1. The predicted molar refractivity (Wildman–Crippen MR) is 236 cm³/mol. The van der Waals surface area contributed by atoms with Crippen molar-refractivity contribution in [3.63, 3.8) is 0 Å². The summed E-state index contributed by atoms with van der Waals surface area (Å²) in [7, 11) is 0. The molecule has 1 amide bonds. The van der Waals surface area contributed by atoms with E-state index in [1.54, 1.807) is 0 Å². The van der Waals surface area contributed by atoms with Crippen molar-refractivity contribution in [3.8, 4) is 0 Å². The van der Waals surface area contributed by atoms with E-state index < -0.39 is 86.8 Å². The Kier molecular flexibility index (Phi) is 32.5. The second-order valence-electron chi connectivity index (χ2n) is 18.0. The van der Waals surface area contributed by atoms with Crippen molar-refractivity contribution < 1.29 is 64.6 Å². The first-order valence-corrected chi connectivity index (χ1v) is 24.8. The van der Waals surface area contributed by atoms with Crippen LogP contribution < -0.4 is 5.32 Å². The molecule has 0 aromatic rings. The summed E-state index contributed by atoms with van der Waals surface area (Å²) in [5.41, 5.74) is 0. The first-order chi connectivity index (χ1) is 29.6. The van der Waals surface area contributed by atoms with Crippen LogP contribution in [0.3, 0.4) is 0 Å². The average Bonchev–Trinajstić information content (AvgIpc) is 3.26. The van der Waals surface area contributed by atoms with Crippen LogP contribution in [-0.2, 0) is 23.7 Å². The zero-order chi connectivity index (χ0) is 44.7. The van der Waals surface area contributed by atoms with Crippen molar-refractivity contribution in [2.45, 2.75) is 274 Å². The Hall–Kier alpha value is -1.01. The van der Waals surface area contributed by atoms with Gasteiger partial charge in [0.15, 0.2) is 12.6 Å². The molecule has 0 aromatic heterocycles. The van der Waals surface area contributed by atoms with E-state index in [9.17, 15) is 45.6 Å². The maximum Gasteiger partial charge on any atom is 0.220 e. The topological polar surface area (TPSA) is 228 Å². The summed E-state index contributed by atoms with van der Waals surface area (Å²) in [6.07, 6.45) is 17.7. The highest BCUT2D eigenvalue weighted by Gasteiger charge is 2.51. The summed E-state index contributed by atoms with van der Waals surface area (Å²) in [4.78, 5) is 12.9. The number of unbranched alkanes of at least 4 members (excludes halogenated alkanes) is 25. The SMILES string of the molecule is CCCCCCCCCCCCCCCCCCCCCCCCCC(O)C(COC1OC(CO)C(OC2OC(CO)C(O)C(O)C2O)C(O)C1O)NC(=O)CCCCCC. The number of rotatable bonds is 38. The molecule has 2 saturated heterocycles. The zero-order valence-corrected chi connectivity index (χ0v) is 38.2. The molecule has 14 nitrogen and oxygen atoms in total. The molecule has 0 spiro atoms. The van der Waals surface area contributed by atoms with Gasteiger partial charge in [0.05, 0.1) is 32.0 Å². The largest absolute Gasteiger partial charge is 0.394 e. The summed E-state index contributed by atoms with van der Waals surface area (Å²) in [6.45, 7) is 2.73. The normalized spacial score (nSPS) is 27.9. The Morgan fingerprint density at radius 2 is 0.934 bits per heavy atom. The predicted octanol–water partition coefficient (Wildman–Crippen LogP) is 5.83. The molecule has 362 valence electrons. The Morgan fingerprint density at radius 3 is 1.39 bits per heavy atom. The van der Waals surface area contributed by atoms with Crippen LogP contribution in [0.15, 0.2) is 0 Å². The van der Waals surface area contributed by atoms with Gasteiger partial charge in [-0.05, 0) is 12.8 Å². The maximum atomic E-state index is 12.9. The fourth-order valence-electron chi connectivity index (χ4n) is 8.47. The first-order valence-electron chi connectivity index (χ1n) is 24.8. The van der Waals surface area contributed by atoms with Gasteiger partial charge in [0.25, 0.3) is 0 Å². The highest BCUT2D eigenvalue weighted by atomic mass is 16.7. The van der Waals surface area contributed by atoms with Crippen molar-refractivity contribution in [1.29, 1.82) is 0 Å². The molecule has 2 rings (SSSR count). The molecule has 9 N–H and O–H groups in total. The van der Waals surface area contributed by atoms with E-state index in [2.05, 4.69) is 19.2 Å². The molecule has 0 aliphatic carbocycles. The second-order valence-corrected chi connectivity index (χ2v) is 18.0. The molecule has 0 aromatic carbocycles. The number of hydrogen-bond acceptors (Lipinski definition) is 13. The third-order valence-electron chi connectivity index (χ3n) is 12.6. The van der Waals surface area contributed by atoms with Gasteiger partial charge in [-0.1, -0.05) is 181 Å².